The Bertz CT molecular complexity index is 1040. The van der Waals surface area contributed by atoms with Crippen LogP contribution in [-0.2, 0) is 9.59 Å². The predicted molar refractivity (Wildman–Crippen MR) is 141 cm³/mol. The molecule has 4 rings (SSSR count). The summed E-state index contributed by atoms with van der Waals surface area (Å²) in [7, 11) is 0. The lowest BCUT2D eigenvalue weighted by Gasteiger charge is -2.61. The van der Waals surface area contributed by atoms with Crippen molar-refractivity contribution in [2.75, 3.05) is 0 Å². The summed E-state index contributed by atoms with van der Waals surface area (Å²) < 4.78 is 0. The molecule has 0 heterocycles. The highest BCUT2D eigenvalue weighted by atomic mass is 16.4. The fourth-order valence-electron chi connectivity index (χ4n) is 9.18. The van der Waals surface area contributed by atoms with Crippen LogP contribution in [0.3, 0.4) is 0 Å². The van der Waals surface area contributed by atoms with Gasteiger partial charge in [-0.2, -0.15) is 0 Å². The molecule has 200 valence electrons. The van der Waals surface area contributed by atoms with Crippen molar-refractivity contribution >= 4 is 11.8 Å². The molecule has 4 aliphatic carbocycles. The molecule has 0 aromatic heterocycles. The number of hydrogen-bond acceptors (Lipinski definition) is 4. The minimum Gasteiger partial charge on any atom is -0.481 e. The fraction of sp³-hybridized carbons (Fsp3) is 0.742. The van der Waals surface area contributed by atoms with Gasteiger partial charge in [0.05, 0.1) is 18.1 Å². The van der Waals surface area contributed by atoms with Gasteiger partial charge in [-0.05, 0) is 74.0 Å². The number of carboxylic acids is 1. The monoisotopic (exact) mass is 498 g/mol. The van der Waals surface area contributed by atoms with Gasteiger partial charge in [-0.15, -0.1) is 0 Å². The number of aliphatic hydroxyl groups is 2. The van der Waals surface area contributed by atoms with Crippen molar-refractivity contribution in [3.05, 3.63) is 35.5 Å². The molecule has 2 saturated carbocycles. The van der Waals surface area contributed by atoms with Crippen LogP contribution in [0.5, 0.6) is 0 Å². The lowest BCUT2D eigenvalue weighted by Crippen LogP contribution is -2.57. The molecule has 5 nitrogen and oxygen atoms in total. The molecule has 0 aromatic carbocycles. The maximum atomic E-state index is 14.0. The van der Waals surface area contributed by atoms with Gasteiger partial charge in [0.25, 0.3) is 0 Å². The van der Waals surface area contributed by atoms with Crippen LogP contribution in [0, 0.1) is 39.4 Å². The van der Waals surface area contributed by atoms with E-state index in [-0.39, 0.29) is 22.5 Å². The first-order valence-electron chi connectivity index (χ1n) is 13.7. The van der Waals surface area contributed by atoms with E-state index in [1.807, 2.05) is 6.92 Å². The number of ketones is 1. The number of fused-ring (bicyclic) bond motifs is 4. The second-order valence-electron chi connectivity index (χ2n) is 13.7. The normalized spacial score (nSPS) is 42.3. The Hall–Kier alpha value is -1.72. The molecule has 0 aromatic rings. The molecule has 0 aliphatic heterocycles. The van der Waals surface area contributed by atoms with E-state index in [4.69, 9.17) is 0 Å². The third kappa shape index (κ3) is 3.63. The van der Waals surface area contributed by atoms with Crippen LogP contribution < -0.4 is 0 Å². The second-order valence-corrected chi connectivity index (χ2v) is 13.7. The van der Waals surface area contributed by atoms with Crippen molar-refractivity contribution in [2.45, 2.75) is 105 Å². The molecule has 3 N–H and O–H groups in total. The van der Waals surface area contributed by atoms with E-state index >= 15 is 0 Å². The number of aliphatic hydroxyl groups excluding tert-OH is 2. The van der Waals surface area contributed by atoms with Crippen LogP contribution in [0.2, 0.25) is 0 Å². The van der Waals surface area contributed by atoms with Gasteiger partial charge in [-0.25, -0.2) is 0 Å². The highest BCUT2D eigenvalue weighted by Gasteiger charge is 2.68. The van der Waals surface area contributed by atoms with Gasteiger partial charge >= 0.3 is 5.97 Å². The second kappa shape index (κ2) is 8.66. The molecule has 36 heavy (non-hydrogen) atoms. The molecule has 0 radical (unpaired) electrons. The number of allylic oxidation sites excluding steroid dienone is 4. The number of hydrogen-bond donors (Lipinski definition) is 3. The highest BCUT2D eigenvalue weighted by molar-refractivity contribution is 5.99. The van der Waals surface area contributed by atoms with Gasteiger partial charge in [0.15, 0.2) is 5.78 Å². The average molecular weight is 499 g/mol. The number of carboxylic acid groups (broad SMARTS) is 1. The third-order valence-electron chi connectivity index (χ3n) is 11.7. The van der Waals surface area contributed by atoms with Crippen molar-refractivity contribution in [1.29, 1.82) is 0 Å². The summed E-state index contributed by atoms with van der Waals surface area (Å²) in [6.45, 7) is 20.6. The lowest BCUT2D eigenvalue weighted by atomic mass is 9.43. The minimum atomic E-state index is -0.885. The summed E-state index contributed by atoms with van der Waals surface area (Å²) in [6.07, 6.45) is 3.64. The molecule has 5 heteroatoms. The molecule has 0 spiro atoms. The fourth-order valence-corrected chi connectivity index (χ4v) is 9.18. The average Bonchev–Trinajstić information content (AvgIpc) is 2.98. The Labute approximate surface area is 216 Å². The zero-order valence-corrected chi connectivity index (χ0v) is 23.1. The van der Waals surface area contributed by atoms with Crippen molar-refractivity contribution < 1.29 is 24.9 Å². The van der Waals surface area contributed by atoms with Crippen LogP contribution in [-0.4, -0.2) is 39.3 Å². The molecule has 4 aliphatic rings. The molecule has 0 saturated heterocycles. The van der Waals surface area contributed by atoms with E-state index < -0.39 is 40.8 Å². The van der Waals surface area contributed by atoms with E-state index in [2.05, 4.69) is 47.8 Å². The lowest BCUT2D eigenvalue weighted by molar-refractivity contribution is -0.149. The van der Waals surface area contributed by atoms with Gasteiger partial charge in [-0.1, -0.05) is 64.5 Å². The van der Waals surface area contributed by atoms with Crippen LogP contribution >= 0.6 is 0 Å². The standard InChI is InChI=1S/C31H46O5/c1-17(2)18(3)9-10-19(27(35)36)25-22(33)16-31(8)26-20(11-14-30(25,31)7)29(6)13-12-24(34)28(4,5)23(29)15-21(26)32/h19,22-25,33-34H,1,3,9-16H2,2,4-8H3,(H,35,36)/t19-,22-,23+,24+,25+,29-,30-,31+/m1/s1. The number of aliphatic carboxylic acids is 1. The minimum absolute atomic E-state index is 0.0787. The van der Waals surface area contributed by atoms with Gasteiger partial charge in [0, 0.05) is 23.3 Å². The predicted octanol–water partition coefficient (Wildman–Crippen LogP) is 5.86. The molecule has 0 unspecified atom stereocenters. The molecule has 0 amide bonds. The van der Waals surface area contributed by atoms with E-state index in [1.54, 1.807) is 0 Å². The van der Waals surface area contributed by atoms with Gasteiger partial charge < -0.3 is 15.3 Å². The Kier molecular flexibility index (Phi) is 6.57. The Morgan fingerprint density at radius 2 is 1.75 bits per heavy atom. The topological polar surface area (TPSA) is 94.8 Å². The maximum absolute atomic E-state index is 14.0. The van der Waals surface area contributed by atoms with E-state index in [9.17, 15) is 24.9 Å². The number of carbonyl (C=O) groups excluding carboxylic acids is 1. The molecule has 2 fully saturated rings. The van der Waals surface area contributed by atoms with Gasteiger partial charge in [0.2, 0.25) is 0 Å². The molecular weight excluding hydrogens is 452 g/mol. The summed E-state index contributed by atoms with van der Waals surface area (Å²) in [4.78, 5) is 26.5. The van der Waals surface area contributed by atoms with Crippen LogP contribution in [0.1, 0.15) is 92.9 Å². The first-order valence-corrected chi connectivity index (χ1v) is 13.7. The van der Waals surface area contributed by atoms with Crippen molar-refractivity contribution in [1.82, 2.24) is 0 Å². The first-order chi connectivity index (χ1) is 16.5. The SMILES string of the molecule is C=C(C)C(=C)CC[C@@H](C(=O)O)[C@H]1[C@H](O)C[C@@]2(C)C3=C(CC[C@]12C)[C@@]1(C)CC[C@H](O)C(C)(C)[C@@H]1CC3=O. The Morgan fingerprint density at radius 1 is 1.11 bits per heavy atom. The molecule has 0 bridgehead atoms. The van der Waals surface area contributed by atoms with Crippen LogP contribution in [0.25, 0.3) is 0 Å². The highest BCUT2D eigenvalue weighted by Crippen LogP contribution is 2.72. The summed E-state index contributed by atoms with van der Waals surface area (Å²) in [5, 5.41) is 32.5. The zero-order valence-electron chi connectivity index (χ0n) is 23.1. The summed E-state index contributed by atoms with van der Waals surface area (Å²) >= 11 is 0. The summed E-state index contributed by atoms with van der Waals surface area (Å²) in [5.41, 5.74) is 2.21. The van der Waals surface area contributed by atoms with Gasteiger partial charge in [-0.3, -0.25) is 9.59 Å². The third-order valence-corrected chi connectivity index (χ3v) is 11.7. The smallest absolute Gasteiger partial charge is 0.306 e. The van der Waals surface area contributed by atoms with Crippen molar-refractivity contribution in [2.24, 2.45) is 39.4 Å². The van der Waals surface area contributed by atoms with E-state index in [0.29, 0.717) is 25.7 Å². The van der Waals surface area contributed by atoms with Gasteiger partial charge in [0.1, 0.15) is 0 Å². The van der Waals surface area contributed by atoms with Crippen molar-refractivity contribution in [3.8, 4) is 0 Å². The van der Waals surface area contributed by atoms with Crippen LogP contribution in [0.15, 0.2) is 35.5 Å². The van der Waals surface area contributed by atoms with Crippen LogP contribution in [0.4, 0.5) is 0 Å². The largest absolute Gasteiger partial charge is 0.481 e. The number of Topliss-reactive ketones (excluding diaryl/α,β-unsaturated/α-hetero) is 1. The quantitative estimate of drug-likeness (QED) is 0.399. The molecule has 8 atom stereocenters. The Balaban J connectivity index is 1.77. The summed E-state index contributed by atoms with van der Waals surface area (Å²) in [6, 6.07) is 0. The van der Waals surface area contributed by atoms with E-state index in [0.717, 1.165) is 42.4 Å². The van der Waals surface area contributed by atoms with Crippen molar-refractivity contribution in [3.63, 3.8) is 0 Å². The maximum Gasteiger partial charge on any atom is 0.306 e. The van der Waals surface area contributed by atoms with E-state index in [1.165, 1.54) is 5.57 Å². The molecular formula is C31H46O5. The summed E-state index contributed by atoms with van der Waals surface area (Å²) in [5.74, 6) is -1.82. The number of carbonyl (C=O) groups is 2. The number of rotatable bonds is 6. The first kappa shape index (κ1) is 27.3. The Morgan fingerprint density at radius 3 is 2.33 bits per heavy atom. The zero-order chi connectivity index (χ0) is 27.0.